The Morgan fingerprint density at radius 1 is 1.28 bits per heavy atom. The highest BCUT2D eigenvalue weighted by molar-refractivity contribution is 9.10. The van der Waals surface area contributed by atoms with Crippen molar-refractivity contribution in [2.24, 2.45) is 0 Å². The molecule has 0 radical (unpaired) electrons. The third-order valence-corrected chi connectivity index (χ3v) is 3.42. The highest BCUT2D eigenvalue weighted by atomic mass is 79.9. The summed E-state index contributed by atoms with van der Waals surface area (Å²) in [4.78, 5) is 4.26. The molecule has 0 aliphatic heterocycles. The zero-order chi connectivity index (χ0) is 12.7. The molecule has 0 spiro atoms. The van der Waals surface area contributed by atoms with Gasteiger partial charge < -0.3 is 0 Å². The first-order chi connectivity index (χ1) is 8.66. The summed E-state index contributed by atoms with van der Waals surface area (Å²) in [6.45, 7) is 0. The molecular formula is C12H6BrClFN3. The second-order valence-electron chi connectivity index (χ2n) is 3.68. The monoisotopic (exact) mass is 325 g/mol. The van der Waals surface area contributed by atoms with E-state index >= 15 is 0 Å². The highest BCUT2D eigenvalue weighted by Gasteiger charge is 2.11. The first kappa shape index (κ1) is 11.6. The molecule has 3 rings (SSSR count). The lowest BCUT2D eigenvalue weighted by Crippen LogP contribution is -1.97. The Morgan fingerprint density at radius 2 is 2.11 bits per heavy atom. The Hall–Kier alpha value is -1.46. The number of nitrogens with zero attached hydrogens (tertiary/aromatic N) is 3. The van der Waals surface area contributed by atoms with Crippen molar-refractivity contribution >= 4 is 38.6 Å². The van der Waals surface area contributed by atoms with Gasteiger partial charge in [0.25, 0.3) is 0 Å². The molecule has 18 heavy (non-hydrogen) atoms. The fourth-order valence-electron chi connectivity index (χ4n) is 1.71. The molecule has 3 nitrogen and oxygen atoms in total. The predicted molar refractivity (Wildman–Crippen MR) is 71.5 cm³/mol. The normalized spacial score (nSPS) is 11.1. The largest absolute Gasteiger partial charge is 0.236 e. The minimum absolute atomic E-state index is 0.0585. The van der Waals surface area contributed by atoms with Crippen molar-refractivity contribution in [3.8, 4) is 5.69 Å². The predicted octanol–water partition coefficient (Wildman–Crippen LogP) is 3.98. The Bertz CT molecular complexity index is 741. The topological polar surface area (TPSA) is 30.7 Å². The van der Waals surface area contributed by atoms with Gasteiger partial charge >= 0.3 is 0 Å². The van der Waals surface area contributed by atoms with Gasteiger partial charge in [0.05, 0.1) is 16.1 Å². The summed E-state index contributed by atoms with van der Waals surface area (Å²) in [5, 5.41) is 5.27. The number of halogens is 3. The van der Waals surface area contributed by atoms with Crippen LogP contribution in [0.3, 0.4) is 0 Å². The van der Waals surface area contributed by atoms with Crippen LogP contribution in [0.1, 0.15) is 0 Å². The van der Waals surface area contributed by atoms with Crippen LogP contribution in [0.25, 0.3) is 16.7 Å². The van der Waals surface area contributed by atoms with E-state index in [2.05, 4.69) is 26.0 Å². The maximum absolute atomic E-state index is 13.1. The summed E-state index contributed by atoms with van der Waals surface area (Å²) in [5.74, 6) is -0.455. The smallest absolute Gasteiger partial charge is 0.164 e. The van der Waals surface area contributed by atoms with Gasteiger partial charge in [-0.1, -0.05) is 11.6 Å². The fourth-order valence-corrected chi connectivity index (χ4v) is 2.36. The Balaban J connectivity index is 2.28. The highest BCUT2D eigenvalue weighted by Crippen LogP contribution is 2.25. The molecule has 0 saturated carbocycles. The van der Waals surface area contributed by atoms with E-state index in [0.29, 0.717) is 15.9 Å². The Kier molecular flexibility index (Phi) is 2.80. The number of rotatable bonds is 1. The second-order valence-corrected chi connectivity index (χ2v) is 4.83. The maximum atomic E-state index is 13.1. The molecule has 0 bridgehead atoms. The molecular weight excluding hydrogens is 321 g/mol. The van der Waals surface area contributed by atoms with Crippen LogP contribution in [0.2, 0.25) is 5.02 Å². The van der Waals surface area contributed by atoms with E-state index in [9.17, 15) is 4.39 Å². The summed E-state index contributed by atoms with van der Waals surface area (Å²) >= 11 is 9.14. The van der Waals surface area contributed by atoms with Gasteiger partial charge in [0.2, 0.25) is 0 Å². The molecule has 0 amide bonds. The molecule has 0 N–H and O–H groups in total. The zero-order valence-corrected chi connectivity index (χ0v) is 11.3. The Labute approximate surface area is 115 Å². The number of pyridine rings is 1. The minimum atomic E-state index is -0.455. The summed E-state index contributed by atoms with van der Waals surface area (Å²) in [5.41, 5.74) is 1.35. The molecule has 1 aromatic carbocycles. The van der Waals surface area contributed by atoms with Gasteiger partial charge in [-0.25, -0.2) is 14.1 Å². The number of benzene rings is 1. The second kappa shape index (κ2) is 4.33. The number of hydrogen-bond acceptors (Lipinski definition) is 2. The molecule has 0 atom stereocenters. The molecule has 0 saturated heterocycles. The molecule has 0 aliphatic rings. The summed E-state index contributed by atoms with van der Waals surface area (Å²) < 4.78 is 15.4. The van der Waals surface area contributed by atoms with Crippen molar-refractivity contribution in [3.63, 3.8) is 0 Å². The van der Waals surface area contributed by atoms with Crippen molar-refractivity contribution in [3.05, 3.63) is 52.0 Å². The van der Waals surface area contributed by atoms with E-state index in [0.717, 1.165) is 5.39 Å². The van der Waals surface area contributed by atoms with Gasteiger partial charge in [-0.2, -0.15) is 5.10 Å². The van der Waals surface area contributed by atoms with Gasteiger partial charge in [-0.3, -0.25) is 0 Å². The molecule has 6 heteroatoms. The summed E-state index contributed by atoms with van der Waals surface area (Å²) in [6.07, 6.45) is 1.68. The van der Waals surface area contributed by atoms with E-state index in [-0.39, 0.29) is 5.02 Å². The fraction of sp³-hybridized carbons (Fsp3) is 0. The molecule has 2 aromatic heterocycles. The average Bonchev–Trinajstić information content (AvgIpc) is 2.71. The van der Waals surface area contributed by atoms with Crippen LogP contribution >= 0.6 is 27.5 Å². The van der Waals surface area contributed by atoms with Crippen molar-refractivity contribution < 1.29 is 4.39 Å². The van der Waals surface area contributed by atoms with Crippen molar-refractivity contribution in [2.45, 2.75) is 0 Å². The van der Waals surface area contributed by atoms with Crippen molar-refractivity contribution in [1.82, 2.24) is 14.8 Å². The van der Waals surface area contributed by atoms with E-state index in [1.54, 1.807) is 16.9 Å². The van der Waals surface area contributed by atoms with Crippen LogP contribution in [-0.2, 0) is 0 Å². The van der Waals surface area contributed by atoms with Gasteiger partial charge in [-0.05, 0) is 46.3 Å². The van der Waals surface area contributed by atoms with Gasteiger partial charge in [0.1, 0.15) is 10.4 Å². The van der Waals surface area contributed by atoms with Gasteiger partial charge in [-0.15, -0.1) is 0 Å². The van der Waals surface area contributed by atoms with E-state index < -0.39 is 5.82 Å². The minimum Gasteiger partial charge on any atom is -0.236 e. The molecule has 0 unspecified atom stereocenters. The maximum Gasteiger partial charge on any atom is 0.164 e. The first-order valence-corrected chi connectivity index (χ1v) is 6.28. The van der Waals surface area contributed by atoms with Crippen LogP contribution in [0.5, 0.6) is 0 Å². The summed E-state index contributed by atoms with van der Waals surface area (Å²) in [6, 6.07) is 8.17. The summed E-state index contributed by atoms with van der Waals surface area (Å²) in [7, 11) is 0. The molecule has 2 heterocycles. The lowest BCUT2D eigenvalue weighted by molar-refractivity contribution is 0.627. The van der Waals surface area contributed by atoms with Crippen LogP contribution < -0.4 is 0 Å². The van der Waals surface area contributed by atoms with Crippen LogP contribution in [0.15, 0.2) is 41.1 Å². The molecule has 0 fully saturated rings. The molecule has 90 valence electrons. The van der Waals surface area contributed by atoms with Crippen molar-refractivity contribution in [2.75, 3.05) is 0 Å². The van der Waals surface area contributed by atoms with Gasteiger partial charge in [0.15, 0.2) is 5.65 Å². The number of hydrogen-bond donors (Lipinski definition) is 0. The van der Waals surface area contributed by atoms with Crippen LogP contribution in [-0.4, -0.2) is 14.8 Å². The van der Waals surface area contributed by atoms with E-state index in [1.165, 1.54) is 12.1 Å². The lowest BCUT2D eigenvalue weighted by atomic mass is 10.3. The van der Waals surface area contributed by atoms with Crippen molar-refractivity contribution in [1.29, 1.82) is 0 Å². The number of aromatic nitrogens is 3. The van der Waals surface area contributed by atoms with Gasteiger partial charge in [0, 0.05) is 6.20 Å². The first-order valence-electron chi connectivity index (χ1n) is 5.11. The SMILES string of the molecule is Fc1ccc(-n2nc(Br)c3cccnc32)cc1Cl. The third kappa shape index (κ3) is 1.79. The average molecular weight is 327 g/mol. The van der Waals surface area contributed by atoms with E-state index in [1.807, 2.05) is 12.1 Å². The third-order valence-electron chi connectivity index (χ3n) is 2.55. The van der Waals surface area contributed by atoms with Crippen LogP contribution in [0.4, 0.5) is 4.39 Å². The van der Waals surface area contributed by atoms with Crippen LogP contribution in [0, 0.1) is 5.82 Å². The number of fused-ring (bicyclic) bond motifs is 1. The zero-order valence-electron chi connectivity index (χ0n) is 8.94. The lowest BCUT2D eigenvalue weighted by Gasteiger charge is -2.03. The van der Waals surface area contributed by atoms with E-state index in [4.69, 9.17) is 11.6 Å². The molecule has 3 aromatic rings. The standard InChI is InChI=1S/C12H6BrClFN3/c13-11-8-2-1-5-16-12(8)18(17-11)7-3-4-10(15)9(14)6-7/h1-6H. The Morgan fingerprint density at radius 3 is 2.89 bits per heavy atom. The molecule has 0 aliphatic carbocycles. The quantitative estimate of drug-likeness (QED) is 0.677.